The molecule has 0 aliphatic carbocycles. The van der Waals surface area contributed by atoms with Crippen LogP contribution in [0.15, 0.2) is 0 Å². The van der Waals surface area contributed by atoms with Crippen molar-refractivity contribution in [3.05, 3.63) is 11.6 Å². The summed E-state index contributed by atoms with van der Waals surface area (Å²) in [4.78, 5) is 0. The van der Waals surface area contributed by atoms with Gasteiger partial charge in [0, 0.05) is 12.5 Å². The summed E-state index contributed by atoms with van der Waals surface area (Å²) in [5.41, 5.74) is 0. The molecule has 5 heteroatoms. The molecule has 0 radical (unpaired) electrons. The van der Waals surface area contributed by atoms with Crippen LogP contribution in [0.5, 0.6) is 0 Å². The van der Waals surface area contributed by atoms with Gasteiger partial charge >= 0.3 is 0 Å². The summed E-state index contributed by atoms with van der Waals surface area (Å²) in [6.45, 7) is 0.984. The Bertz CT molecular complexity index is 373. The second kappa shape index (κ2) is 4.37. The van der Waals surface area contributed by atoms with Crippen molar-refractivity contribution in [1.29, 1.82) is 0 Å². The lowest BCUT2D eigenvalue weighted by molar-refractivity contribution is 0.132. The van der Waals surface area contributed by atoms with Crippen LogP contribution >= 0.6 is 11.8 Å². The SMILES string of the molecule is OC1CCCn2c1nnc2C1CCSCC1. The third-order valence-corrected chi connectivity index (χ3v) is 4.60. The van der Waals surface area contributed by atoms with Gasteiger partial charge in [0.05, 0.1) is 0 Å². The van der Waals surface area contributed by atoms with Crippen molar-refractivity contribution in [3.8, 4) is 0 Å². The van der Waals surface area contributed by atoms with Crippen molar-refractivity contribution in [2.24, 2.45) is 0 Å². The molecular formula is C11H17N3OS. The molecule has 0 bridgehead atoms. The normalized spacial score (nSPS) is 26.7. The van der Waals surface area contributed by atoms with E-state index in [4.69, 9.17) is 0 Å². The summed E-state index contributed by atoms with van der Waals surface area (Å²) in [7, 11) is 0. The van der Waals surface area contributed by atoms with Crippen molar-refractivity contribution >= 4 is 11.8 Å². The fraction of sp³-hybridized carbons (Fsp3) is 0.818. The highest BCUT2D eigenvalue weighted by atomic mass is 32.2. The Morgan fingerprint density at radius 2 is 1.88 bits per heavy atom. The third kappa shape index (κ3) is 1.76. The van der Waals surface area contributed by atoms with Gasteiger partial charge in [-0.3, -0.25) is 0 Å². The maximum Gasteiger partial charge on any atom is 0.161 e. The summed E-state index contributed by atoms with van der Waals surface area (Å²) < 4.78 is 2.16. The highest BCUT2D eigenvalue weighted by Gasteiger charge is 2.27. The highest BCUT2D eigenvalue weighted by Crippen LogP contribution is 2.33. The molecule has 1 aromatic rings. The van der Waals surface area contributed by atoms with Gasteiger partial charge < -0.3 is 9.67 Å². The Balaban J connectivity index is 1.89. The lowest BCUT2D eigenvalue weighted by Gasteiger charge is -2.24. The zero-order valence-electron chi connectivity index (χ0n) is 9.30. The molecule has 2 aliphatic heterocycles. The van der Waals surface area contributed by atoms with Crippen LogP contribution in [0.1, 0.15) is 49.4 Å². The maximum absolute atomic E-state index is 9.85. The molecule has 1 unspecified atom stereocenters. The van der Waals surface area contributed by atoms with E-state index in [-0.39, 0.29) is 0 Å². The molecule has 1 saturated heterocycles. The number of rotatable bonds is 1. The first-order valence-corrected chi connectivity index (χ1v) is 7.20. The minimum absolute atomic E-state index is 0.395. The van der Waals surface area contributed by atoms with E-state index in [9.17, 15) is 5.11 Å². The third-order valence-electron chi connectivity index (χ3n) is 3.55. The fourth-order valence-electron chi connectivity index (χ4n) is 2.63. The van der Waals surface area contributed by atoms with E-state index in [0.717, 1.165) is 31.0 Å². The Morgan fingerprint density at radius 3 is 2.69 bits per heavy atom. The van der Waals surface area contributed by atoms with Gasteiger partial charge in [-0.1, -0.05) is 0 Å². The van der Waals surface area contributed by atoms with Gasteiger partial charge in [0.1, 0.15) is 11.9 Å². The predicted molar refractivity (Wildman–Crippen MR) is 63.5 cm³/mol. The zero-order valence-corrected chi connectivity index (χ0v) is 10.1. The molecule has 0 amide bonds. The van der Waals surface area contributed by atoms with E-state index in [1.807, 2.05) is 11.8 Å². The maximum atomic E-state index is 9.85. The lowest BCUT2D eigenvalue weighted by atomic mass is 10.0. The van der Waals surface area contributed by atoms with Crippen LogP contribution in [0.3, 0.4) is 0 Å². The smallest absolute Gasteiger partial charge is 0.161 e. The molecule has 1 atom stereocenters. The van der Waals surface area contributed by atoms with Crippen molar-refractivity contribution in [3.63, 3.8) is 0 Å². The van der Waals surface area contributed by atoms with Crippen LogP contribution in [-0.4, -0.2) is 31.4 Å². The molecule has 88 valence electrons. The first-order valence-electron chi connectivity index (χ1n) is 6.05. The number of hydrogen-bond acceptors (Lipinski definition) is 4. The summed E-state index contributed by atoms with van der Waals surface area (Å²) in [6, 6.07) is 0. The van der Waals surface area contributed by atoms with Gasteiger partial charge in [-0.05, 0) is 37.2 Å². The second-order valence-corrected chi connectivity index (χ2v) is 5.84. The minimum Gasteiger partial charge on any atom is -0.385 e. The standard InChI is InChI=1S/C11H17N3OS/c15-9-2-1-5-14-10(12-13-11(9)14)8-3-6-16-7-4-8/h8-9,15H,1-7H2. The monoisotopic (exact) mass is 239 g/mol. The topological polar surface area (TPSA) is 50.9 Å². The van der Waals surface area contributed by atoms with E-state index < -0.39 is 6.10 Å². The van der Waals surface area contributed by atoms with E-state index in [2.05, 4.69) is 14.8 Å². The number of hydrogen-bond donors (Lipinski definition) is 1. The molecule has 2 aliphatic rings. The molecule has 16 heavy (non-hydrogen) atoms. The summed E-state index contributed by atoms with van der Waals surface area (Å²) in [6.07, 6.45) is 3.89. The van der Waals surface area contributed by atoms with Gasteiger partial charge in [-0.25, -0.2) is 0 Å². The van der Waals surface area contributed by atoms with E-state index in [1.165, 1.54) is 24.3 Å². The van der Waals surface area contributed by atoms with Crippen molar-refractivity contribution in [2.75, 3.05) is 11.5 Å². The molecule has 3 heterocycles. The molecular weight excluding hydrogens is 222 g/mol. The molecule has 1 N–H and O–H groups in total. The summed E-state index contributed by atoms with van der Waals surface area (Å²) >= 11 is 2.03. The van der Waals surface area contributed by atoms with Gasteiger partial charge in [0.15, 0.2) is 5.82 Å². The average Bonchev–Trinajstić information content (AvgIpc) is 2.75. The predicted octanol–water partition coefficient (Wildman–Crippen LogP) is 1.72. The minimum atomic E-state index is -0.395. The Hall–Kier alpha value is -0.550. The molecule has 1 aromatic heterocycles. The number of fused-ring (bicyclic) bond motifs is 1. The van der Waals surface area contributed by atoms with E-state index in [1.54, 1.807) is 0 Å². The number of aromatic nitrogens is 3. The number of thioether (sulfide) groups is 1. The second-order valence-electron chi connectivity index (χ2n) is 4.61. The molecule has 0 aromatic carbocycles. The molecule has 0 spiro atoms. The van der Waals surface area contributed by atoms with Gasteiger partial charge in [-0.2, -0.15) is 11.8 Å². The lowest BCUT2D eigenvalue weighted by Crippen LogP contribution is -2.20. The molecule has 1 fully saturated rings. The van der Waals surface area contributed by atoms with E-state index >= 15 is 0 Å². The highest BCUT2D eigenvalue weighted by molar-refractivity contribution is 7.99. The number of nitrogens with zero attached hydrogens (tertiary/aromatic N) is 3. The Morgan fingerprint density at radius 1 is 1.12 bits per heavy atom. The number of aliphatic hydroxyl groups is 1. The average molecular weight is 239 g/mol. The first kappa shape index (κ1) is 10.6. The Labute approximate surface area is 99.4 Å². The van der Waals surface area contributed by atoms with Gasteiger partial charge in [0.2, 0.25) is 0 Å². The number of aliphatic hydroxyl groups excluding tert-OH is 1. The zero-order chi connectivity index (χ0) is 11.0. The van der Waals surface area contributed by atoms with Gasteiger partial charge in [0.25, 0.3) is 0 Å². The van der Waals surface area contributed by atoms with E-state index in [0.29, 0.717) is 5.92 Å². The summed E-state index contributed by atoms with van der Waals surface area (Å²) in [5, 5.41) is 18.3. The van der Waals surface area contributed by atoms with Gasteiger partial charge in [-0.15, -0.1) is 10.2 Å². The Kier molecular flexibility index (Phi) is 2.90. The first-order chi connectivity index (χ1) is 7.86. The van der Waals surface area contributed by atoms with Crippen LogP contribution in [0, 0.1) is 0 Å². The van der Waals surface area contributed by atoms with Crippen LogP contribution in [0.2, 0.25) is 0 Å². The molecule has 3 rings (SSSR count). The van der Waals surface area contributed by atoms with Crippen molar-refractivity contribution < 1.29 is 5.11 Å². The van der Waals surface area contributed by atoms with Crippen molar-refractivity contribution in [1.82, 2.24) is 14.8 Å². The van der Waals surface area contributed by atoms with Crippen LogP contribution < -0.4 is 0 Å². The summed E-state index contributed by atoms with van der Waals surface area (Å²) in [5.74, 6) is 4.94. The fourth-order valence-corrected chi connectivity index (χ4v) is 3.74. The molecule has 4 nitrogen and oxygen atoms in total. The largest absolute Gasteiger partial charge is 0.385 e. The van der Waals surface area contributed by atoms with Crippen LogP contribution in [-0.2, 0) is 6.54 Å². The van der Waals surface area contributed by atoms with Crippen LogP contribution in [0.4, 0.5) is 0 Å². The quantitative estimate of drug-likeness (QED) is 0.810. The van der Waals surface area contributed by atoms with Crippen molar-refractivity contribution in [2.45, 2.75) is 44.2 Å². The molecule has 0 saturated carbocycles. The van der Waals surface area contributed by atoms with Crippen LogP contribution in [0.25, 0.3) is 0 Å².